The molecular formula is C22H27Cl2N3O. The monoisotopic (exact) mass is 419 g/mol. The lowest BCUT2D eigenvalue weighted by Crippen LogP contribution is -2.46. The molecule has 0 spiro atoms. The number of hydrogen-bond acceptors (Lipinski definition) is 3. The highest BCUT2D eigenvalue weighted by Crippen LogP contribution is 2.23. The summed E-state index contributed by atoms with van der Waals surface area (Å²) in [6.07, 6.45) is 2.53. The highest BCUT2D eigenvalue weighted by atomic mass is 35.5. The maximum absolute atomic E-state index is 12.5. The van der Waals surface area contributed by atoms with Crippen LogP contribution in [0.15, 0.2) is 42.5 Å². The number of carbonyl (C=O) groups is 1. The third-order valence-corrected chi connectivity index (χ3v) is 5.80. The van der Waals surface area contributed by atoms with Gasteiger partial charge in [0.15, 0.2) is 0 Å². The van der Waals surface area contributed by atoms with Gasteiger partial charge in [0.25, 0.3) is 5.91 Å². The van der Waals surface area contributed by atoms with E-state index in [-0.39, 0.29) is 5.91 Å². The molecule has 1 saturated heterocycles. The molecular weight excluding hydrogens is 393 g/mol. The van der Waals surface area contributed by atoms with E-state index in [0.29, 0.717) is 15.6 Å². The first-order valence-corrected chi connectivity index (χ1v) is 10.6. The Morgan fingerprint density at radius 1 is 1.00 bits per heavy atom. The van der Waals surface area contributed by atoms with Crippen LogP contribution in [0.4, 0.5) is 5.69 Å². The van der Waals surface area contributed by atoms with Gasteiger partial charge < -0.3 is 10.2 Å². The van der Waals surface area contributed by atoms with E-state index < -0.39 is 0 Å². The van der Waals surface area contributed by atoms with Crippen molar-refractivity contribution in [1.29, 1.82) is 0 Å². The topological polar surface area (TPSA) is 35.6 Å². The number of benzene rings is 2. The maximum Gasteiger partial charge on any atom is 0.255 e. The van der Waals surface area contributed by atoms with Gasteiger partial charge in [-0.2, -0.15) is 0 Å². The summed E-state index contributed by atoms with van der Waals surface area (Å²) in [4.78, 5) is 17.5. The van der Waals surface area contributed by atoms with Crippen LogP contribution < -0.4 is 5.32 Å². The fourth-order valence-corrected chi connectivity index (χ4v) is 3.70. The van der Waals surface area contributed by atoms with Crippen LogP contribution in [-0.2, 0) is 6.54 Å². The molecule has 1 fully saturated rings. The van der Waals surface area contributed by atoms with Gasteiger partial charge in [-0.25, -0.2) is 0 Å². The Bertz CT molecular complexity index is 804. The Morgan fingerprint density at radius 3 is 2.46 bits per heavy atom. The van der Waals surface area contributed by atoms with E-state index in [1.807, 2.05) is 18.2 Å². The van der Waals surface area contributed by atoms with Crippen molar-refractivity contribution >= 4 is 34.8 Å². The summed E-state index contributed by atoms with van der Waals surface area (Å²) in [5.41, 5.74) is 2.48. The van der Waals surface area contributed by atoms with Crippen molar-refractivity contribution < 1.29 is 4.79 Å². The zero-order chi connectivity index (χ0) is 19.9. The van der Waals surface area contributed by atoms with E-state index in [1.165, 1.54) is 24.9 Å². The molecule has 1 N–H and O–H groups in total. The number of anilines is 1. The summed E-state index contributed by atoms with van der Waals surface area (Å²) in [6, 6.07) is 12.9. The van der Waals surface area contributed by atoms with Crippen LogP contribution in [0.25, 0.3) is 0 Å². The van der Waals surface area contributed by atoms with Gasteiger partial charge in [-0.15, -0.1) is 0 Å². The van der Waals surface area contributed by atoms with Crippen LogP contribution in [0, 0.1) is 0 Å². The molecule has 150 valence electrons. The van der Waals surface area contributed by atoms with Crippen LogP contribution in [0.5, 0.6) is 0 Å². The average Bonchev–Trinajstić information content (AvgIpc) is 2.70. The molecule has 0 aliphatic carbocycles. The quantitative estimate of drug-likeness (QED) is 0.672. The number of halogens is 2. The number of hydrogen-bond donors (Lipinski definition) is 1. The Hall–Kier alpha value is -1.59. The lowest BCUT2D eigenvalue weighted by molar-refractivity contribution is 0.102. The molecule has 0 aromatic heterocycles. The van der Waals surface area contributed by atoms with E-state index in [0.717, 1.165) is 38.4 Å². The highest BCUT2D eigenvalue weighted by Gasteiger charge is 2.16. The molecule has 2 aromatic carbocycles. The van der Waals surface area contributed by atoms with Crippen molar-refractivity contribution in [3.05, 3.63) is 63.6 Å². The third kappa shape index (κ3) is 5.95. The molecule has 6 heteroatoms. The molecule has 0 atom stereocenters. The molecule has 1 aliphatic rings. The van der Waals surface area contributed by atoms with Gasteiger partial charge in [-0.1, -0.05) is 48.7 Å². The summed E-state index contributed by atoms with van der Waals surface area (Å²) >= 11 is 11.9. The number of carbonyl (C=O) groups excluding carboxylic acids is 1. The maximum atomic E-state index is 12.5. The van der Waals surface area contributed by atoms with Gasteiger partial charge in [0.2, 0.25) is 0 Å². The summed E-state index contributed by atoms with van der Waals surface area (Å²) < 4.78 is 0. The van der Waals surface area contributed by atoms with Gasteiger partial charge in [0.1, 0.15) is 0 Å². The van der Waals surface area contributed by atoms with Crippen molar-refractivity contribution in [1.82, 2.24) is 9.80 Å². The van der Waals surface area contributed by atoms with Crippen molar-refractivity contribution in [2.45, 2.75) is 26.3 Å². The predicted molar refractivity (Wildman–Crippen MR) is 117 cm³/mol. The summed E-state index contributed by atoms with van der Waals surface area (Å²) in [6.45, 7) is 8.79. The summed E-state index contributed by atoms with van der Waals surface area (Å²) in [5, 5.41) is 3.76. The number of piperazine rings is 1. The van der Waals surface area contributed by atoms with Crippen LogP contribution in [0.2, 0.25) is 10.0 Å². The Morgan fingerprint density at radius 2 is 1.75 bits per heavy atom. The molecule has 1 heterocycles. The second-order valence-corrected chi connectivity index (χ2v) is 8.07. The first kappa shape index (κ1) is 21.1. The number of rotatable bonds is 7. The molecule has 0 bridgehead atoms. The molecule has 0 unspecified atom stereocenters. The Balaban J connectivity index is 1.55. The molecule has 0 saturated carbocycles. The minimum atomic E-state index is -0.194. The summed E-state index contributed by atoms with van der Waals surface area (Å²) in [5.74, 6) is -0.194. The molecule has 1 amide bonds. The number of nitrogens with zero attached hydrogens (tertiary/aromatic N) is 2. The molecule has 1 aliphatic heterocycles. The molecule has 4 nitrogen and oxygen atoms in total. The summed E-state index contributed by atoms with van der Waals surface area (Å²) in [7, 11) is 0. The number of nitrogens with one attached hydrogen (secondary N) is 1. The third-order valence-electron chi connectivity index (χ3n) is 5.07. The molecule has 0 radical (unpaired) electrons. The van der Waals surface area contributed by atoms with Crippen LogP contribution in [-0.4, -0.2) is 48.4 Å². The molecule has 28 heavy (non-hydrogen) atoms. The van der Waals surface area contributed by atoms with E-state index in [4.69, 9.17) is 23.2 Å². The van der Waals surface area contributed by atoms with Crippen LogP contribution in [0.1, 0.15) is 35.7 Å². The van der Waals surface area contributed by atoms with E-state index in [2.05, 4.69) is 28.1 Å². The zero-order valence-corrected chi connectivity index (χ0v) is 17.8. The van der Waals surface area contributed by atoms with Gasteiger partial charge in [-0.05, 0) is 48.9 Å². The second-order valence-electron chi connectivity index (χ2n) is 7.25. The van der Waals surface area contributed by atoms with Gasteiger partial charge in [0.05, 0.1) is 10.0 Å². The Kier molecular flexibility index (Phi) is 7.74. The van der Waals surface area contributed by atoms with Crippen LogP contribution >= 0.6 is 23.2 Å². The normalized spacial score (nSPS) is 15.5. The lowest BCUT2D eigenvalue weighted by atomic mass is 10.1. The van der Waals surface area contributed by atoms with E-state index in [9.17, 15) is 4.79 Å². The second kappa shape index (κ2) is 10.3. The number of unbranched alkanes of at least 4 members (excludes halogenated alkanes) is 1. The predicted octanol–water partition coefficient (Wildman–Crippen LogP) is 5.16. The Labute approximate surface area is 177 Å². The molecule has 3 rings (SSSR count). The average molecular weight is 420 g/mol. The van der Waals surface area contributed by atoms with Crippen molar-refractivity contribution in [2.75, 3.05) is 38.0 Å². The lowest BCUT2D eigenvalue weighted by Gasteiger charge is -2.34. The standard InChI is InChI=1S/C22H27Cl2N3O/c1-2-3-9-26-10-12-27(13-11-26)16-17-5-4-6-19(14-17)25-22(28)18-7-8-20(23)21(24)15-18/h4-8,14-15H,2-3,9-13,16H2,1H3,(H,25,28). The van der Waals surface area contributed by atoms with E-state index >= 15 is 0 Å². The van der Waals surface area contributed by atoms with Crippen LogP contribution in [0.3, 0.4) is 0 Å². The van der Waals surface area contributed by atoms with Crippen molar-refractivity contribution in [2.24, 2.45) is 0 Å². The molecule has 2 aromatic rings. The first-order valence-electron chi connectivity index (χ1n) is 9.85. The van der Waals surface area contributed by atoms with E-state index in [1.54, 1.807) is 18.2 Å². The number of amides is 1. The minimum Gasteiger partial charge on any atom is -0.322 e. The fraction of sp³-hybridized carbons (Fsp3) is 0.409. The van der Waals surface area contributed by atoms with Crippen molar-refractivity contribution in [3.8, 4) is 0 Å². The fourth-order valence-electron chi connectivity index (χ4n) is 3.40. The largest absolute Gasteiger partial charge is 0.322 e. The van der Waals surface area contributed by atoms with Gasteiger partial charge in [0, 0.05) is 44.0 Å². The van der Waals surface area contributed by atoms with Gasteiger partial charge >= 0.3 is 0 Å². The smallest absolute Gasteiger partial charge is 0.255 e. The van der Waals surface area contributed by atoms with Gasteiger partial charge in [-0.3, -0.25) is 9.69 Å². The highest BCUT2D eigenvalue weighted by molar-refractivity contribution is 6.42. The SMILES string of the molecule is CCCCN1CCN(Cc2cccc(NC(=O)c3ccc(Cl)c(Cl)c3)c2)CC1. The first-order chi connectivity index (χ1) is 13.5. The minimum absolute atomic E-state index is 0.194. The van der Waals surface area contributed by atoms with Crippen molar-refractivity contribution in [3.63, 3.8) is 0 Å². The zero-order valence-electron chi connectivity index (χ0n) is 16.3.